The van der Waals surface area contributed by atoms with E-state index in [2.05, 4.69) is 24.1 Å². The number of carbonyl (C=O) groups is 1. The zero-order valence-corrected chi connectivity index (χ0v) is 14.0. The Morgan fingerprint density at radius 2 is 1.95 bits per heavy atom. The van der Waals surface area contributed by atoms with Crippen LogP contribution >= 0.6 is 23.2 Å². The number of hydrogen-bond acceptors (Lipinski definition) is 2. The molecule has 0 unspecified atom stereocenters. The number of halogens is 2. The predicted molar refractivity (Wildman–Crippen MR) is 87.7 cm³/mol. The van der Waals surface area contributed by atoms with Crippen LogP contribution in [-0.4, -0.2) is 30.4 Å². The molecule has 0 spiro atoms. The smallest absolute Gasteiger partial charge is 0.234 e. The Kier molecular flexibility index (Phi) is 5.91. The van der Waals surface area contributed by atoms with Crippen LogP contribution in [0.1, 0.15) is 25.8 Å². The fourth-order valence-electron chi connectivity index (χ4n) is 3.04. The molecule has 2 rings (SSSR count). The summed E-state index contributed by atoms with van der Waals surface area (Å²) in [5.74, 6) is 1.36. The molecule has 5 heteroatoms. The minimum Gasteiger partial charge on any atom is -0.351 e. The summed E-state index contributed by atoms with van der Waals surface area (Å²) in [4.78, 5) is 14.3. The van der Waals surface area contributed by atoms with Crippen molar-refractivity contribution in [3.63, 3.8) is 0 Å². The van der Waals surface area contributed by atoms with Crippen molar-refractivity contribution in [1.29, 1.82) is 0 Å². The molecule has 1 heterocycles. The Labute approximate surface area is 136 Å². The first-order valence-electron chi connectivity index (χ1n) is 7.37. The highest BCUT2D eigenvalue weighted by atomic mass is 35.5. The number of rotatable bonds is 4. The maximum Gasteiger partial charge on any atom is 0.234 e. The third-order valence-corrected chi connectivity index (χ3v) is 4.39. The van der Waals surface area contributed by atoms with Crippen molar-refractivity contribution >= 4 is 29.1 Å². The number of amides is 1. The fourth-order valence-corrected chi connectivity index (χ4v) is 3.51. The molecule has 2 atom stereocenters. The summed E-state index contributed by atoms with van der Waals surface area (Å²) < 4.78 is 0. The van der Waals surface area contributed by atoms with E-state index in [1.54, 1.807) is 12.1 Å². The van der Waals surface area contributed by atoms with E-state index in [9.17, 15) is 4.79 Å². The average Bonchev–Trinajstić information content (AvgIpc) is 2.36. The highest BCUT2D eigenvalue weighted by Crippen LogP contribution is 2.21. The van der Waals surface area contributed by atoms with Crippen LogP contribution < -0.4 is 5.32 Å². The quantitative estimate of drug-likeness (QED) is 0.916. The molecule has 0 aromatic heterocycles. The van der Waals surface area contributed by atoms with Crippen LogP contribution in [0.3, 0.4) is 0 Å². The molecule has 1 saturated heterocycles. The molecule has 116 valence electrons. The Balaban J connectivity index is 1.82. The molecule has 1 N–H and O–H groups in total. The minimum atomic E-state index is 0.0438. The second-order valence-electron chi connectivity index (χ2n) is 6.15. The van der Waals surface area contributed by atoms with Gasteiger partial charge in [0.25, 0.3) is 0 Å². The van der Waals surface area contributed by atoms with Crippen molar-refractivity contribution < 1.29 is 4.79 Å². The van der Waals surface area contributed by atoms with Gasteiger partial charge in [0, 0.05) is 29.7 Å². The summed E-state index contributed by atoms with van der Waals surface area (Å²) >= 11 is 12.0. The Morgan fingerprint density at radius 3 is 2.57 bits per heavy atom. The number of nitrogens with one attached hydrogen (secondary N) is 1. The van der Waals surface area contributed by atoms with E-state index in [4.69, 9.17) is 23.2 Å². The Bertz CT molecular complexity index is 497. The average molecular weight is 329 g/mol. The largest absolute Gasteiger partial charge is 0.351 e. The molecule has 1 aliphatic heterocycles. The molecule has 1 fully saturated rings. The lowest BCUT2D eigenvalue weighted by Gasteiger charge is -2.34. The van der Waals surface area contributed by atoms with Gasteiger partial charge in [-0.15, -0.1) is 0 Å². The molecule has 0 saturated carbocycles. The van der Waals surface area contributed by atoms with Gasteiger partial charge in [-0.1, -0.05) is 43.1 Å². The molecule has 1 aromatic carbocycles. The van der Waals surface area contributed by atoms with Crippen LogP contribution in [0.2, 0.25) is 10.0 Å². The highest BCUT2D eigenvalue weighted by Gasteiger charge is 2.23. The van der Waals surface area contributed by atoms with Gasteiger partial charge in [0.1, 0.15) is 0 Å². The number of carbonyl (C=O) groups excluding carboxylic acids is 1. The van der Waals surface area contributed by atoms with Gasteiger partial charge in [-0.2, -0.15) is 0 Å². The van der Waals surface area contributed by atoms with E-state index in [-0.39, 0.29) is 5.91 Å². The first kappa shape index (κ1) is 16.6. The van der Waals surface area contributed by atoms with E-state index in [1.165, 1.54) is 6.42 Å². The summed E-state index contributed by atoms with van der Waals surface area (Å²) in [5, 5.41) is 4.12. The van der Waals surface area contributed by atoms with E-state index in [1.807, 2.05) is 6.07 Å². The van der Waals surface area contributed by atoms with Crippen LogP contribution in [0.15, 0.2) is 18.2 Å². The second-order valence-corrected chi connectivity index (χ2v) is 7.00. The summed E-state index contributed by atoms with van der Waals surface area (Å²) in [6.07, 6.45) is 1.25. The standard InChI is InChI=1S/C16H22Cl2N2O/c1-11-5-12(2)9-20(8-11)10-16(21)19-7-13-3-4-14(17)6-15(13)18/h3-4,6,11-12H,5,7-10H2,1-2H3,(H,19,21)/t11-,12-/m1/s1. The zero-order valence-electron chi connectivity index (χ0n) is 12.5. The molecule has 0 aliphatic carbocycles. The van der Waals surface area contributed by atoms with Gasteiger partial charge in [0.05, 0.1) is 6.54 Å². The zero-order chi connectivity index (χ0) is 15.4. The minimum absolute atomic E-state index is 0.0438. The molecule has 1 aliphatic rings. The van der Waals surface area contributed by atoms with Crippen molar-refractivity contribution in [2.24, 2.45) is 11.8 Å². The number of nitrogens with zero attached hydrogens (tertiary/aromatic N) is 1. The number of hydrogen-bond donors (Lipinski definition) is 1. The molecular formula is C16H22Cl2N2O. The molecule has 0 radical (unpaired) electrons. The second kappa shape index (κ2) is 7.48. The van der Waals surface area contributed by atoms with Crippen molar-refractivity contribution in [2.75, 3.05) is 19.6 Å². The summed E-state index contributed by atoms with van der Waals surface area (Å²) in [5.41, 5.74) is 0.884. The summed E-state index contributed by atoms with van der Waals surface area (Å²) in [6.45, 7) is 7.38. The van der Waals surface area contributed by atoms with Crippen molar-refractivity contribution in [2.45, 2.75) is 26.8 Å². The lowest BCUT2D eigenvalue weighted by molar-refractivity contribution is -0.123. The normalized spacial score (nSPS) is 23.0. The van der Waals surface area contributed by atoms with Crippen LogP contribution in [0.4, 0.5) is 0 Å². The highest BCUT2D eigenvalue weighted by molar-refractivity contribution is 6.35. The Morgan fingerprint density at radius 1 is 1.29 bits per heavy atom. The lowest BCUT2D eigenvalue weighted by atomic mass is 9.92. The van der Waals surface area contributed by atoms with Gasteiger partial charge < -0.3 is 5.32 Å². The molecule has 1 amide bonds. The lowest BCUT2D eigenvalue weighted by Crippen LogP contribution is -2.44. The van der Waals surface area contributed by atoms with Gasteiger partial charge in [0.2, 0.25) is 5.91 Å². The van der Waals surface area contributed by atoms with Gasteiger partial charge in [-0.05, 0) is 36.0 Å². The number of piperidine rings is 1. The monoisotopic (exact) mass is 328 g/mol. The molecule has 21 heavy (non-hydrogen) atoms. The van der Waals surface area contributed by atoms with Gasteiger partial charge >= 0.3 is 0 Å². The summed E-state index contributed by atoms with van der Waals surface area (Å²) in [7, 11) is 0. The van der Waals surface area contributed by atoms with Crippen LogP contribution in [0, 0.1) is 11.8 Å². The number of benzene rings is 1. The first-order valence-corrected chi connectivity index (χ1v) is 8.12. The van der Waals surface area contributed by atoms with E-state index in [0.29, 0.717) is 35.0 Å². The molecular weight excluding hydrogens is 307 g/mol. The SMILES string of the molecule is C[C@@H]1C[C@@H](C)CN(CC(=O)NCc2ccc(Cl)cc2Cl)C1. The topological polar surface area (TPSA) is 32.3 Å². The van der Waals surface area contributed by atoms with Crippen LogP contribution in [-0.2, 0) is 11.3 Å². The fraction of sp³-hybridized carbons (Fsp3) is 0.562. The molecule has 3 nitrogen and oxygen atoms in total. The van der Waals surface area contributed by atoms with Crippen LogP contribution in [0.25, 0.3) is 0 Å². The predicted octanol–water partition coefficient (Wildman–Crippen LogP) is 3.59. The van der Waals surface area contributed by atoms with Crippen molar-refractivity contribution in [3.8, 4) is 0 Å². The van der Waals surface area contributed by atoms with Crippen molar-refractivity contribution in [1.82, 2.24) is 10.2 Å². The van der Waals surface area contributed by atoms with Gasteiger partial charge in [-0.3, -0.25) is 9.69 Å². The van der Waals surface area contributed by atoms with Gasteiger partial charge in [-0.25, -0.2) is 0 Å². The van der Waals surface area contributed by atoms with Crippen molar-refractivity contribution in [3.05, 3.63) is 33.8 Å². The molecule has 0 bridgehead atoms. The maximum absolute atomic E-state index is 12.1. The maximum atomic E-state index is 12.1. The number of likely N-dealkylation sites (tertiary alicyclic amines) is 1. The third-order valence-electron chi connectivity index (χ3n) is 3.80. The van der Waals surface area contributed by atoms with E-state index >= 15 is 0 Å². The van der Waals surface area contributed by atoms with Crippen LogP contribution in [0.5, 0.6) is 0 Å². The van der Waals surface area contributed by atoms with Gasteiger partial charge in [0.15, 0.2) is 0 Å². The summed E-state index contributed by atoms with van der Waals surface area (Å²) in [6, 6.07) is 5.32. The first-order chi connectivity index (χ1) is 9.94. The van der Waals surface area contributed by atoms with E-state index < -0.39 is 0 Å². The van der Waals surface area contributed by atoms with E-state index in [0.717, 1.165) is 18.7 Å². The Hall–Kier alpha value is -0.770. The third kappa shape index (κ3) is 5.17. The molecule has 1 aromatic rings.